The van der Waals surface area contributed by atoms with Crippen molar-refractivity contribution in [2.75, 3.05) is 0 Å². The van der Waals surface area contributed by atoms with E-state index in [0.717, 1.165) is 11.1 Å². The Bertz CT molecular complexity index is 890. The molecule has 0 unspecified atom stereocenters. The molecule has 0 aliphatic carbocycles. The lowest BCUT2D eigenvalue weighted by molar-refractivity contribution is -0.152. The lowest BCUT2D eigenvalue weighted by atomic mass is 10.0. The van der Waals surface area contributed by atoms with Gasteiger partial charge < -0.3 is 9.84 Å². The van der Waals surface area contributed by atoms with Crippen LogP contribution in [0.4, 0.5) is 13.2 Å². The number of aryl methyl sites for hydroxylation is 2. The van der Waals surface area contributed by atoms with E-state index in [2.05, 4.69) is 0 Å². The molecule has 8 heteroatoms. The minimum atomic E-state index is -4.36. The molecule has 0 aromatic heterocycles. The molecule has 0 saturated carbocycles. The number of ketones is 1. The predicted octanol–water partition coefficient (Wildman–Crippen LogP) is 5.66. The molecule has 4 nitrogen and oxygen atoms in total. The van der Waals surface area contributed by atoms with Crippen LogP contribution < -0.4 is 4.74 Å². The average Bonchev–Trinajstić information content (AvgIpc) is 2.61. The standard InChI is InChI=1S/C21H21F3O4S/c1-13-12-14(5-11-18(13)28-20(2,3)19(26)27)4-10-17(25)15-6-8-16(9-7-15)29-21(22,23)24/h5-9,11-12H,4,10H2,1-3H3,(H,26,27). The Morgan fingerprint density at radius 2 is 1.69 bits per heavy atom. The Hall–Kier alpha value is -2.48. The number of halogens is 3. The Morgan fingerprint density at radius 1 is 1.07 bits per heavy atom. The van der Waals surface area contributed by atoms with Gasteiger partial charge in [0.25, 0.3) is 0 Å². The second-order valence-electron chi connectivity index (χ2n) is 7.01. The number of carbonyl (C=O) groups is 2. The molecule has 0 spiro atoms. The van der Waals surface area contributed by atoms with Crippen LogP contribution in [0.3, 0.4) is 0 Å². The van der Waals surface area contributed by atoms with Crippen molar-refractivity contribution < 1.29 is 32.6 Å². The summed E-state index contributed by atoms with van der Waals surface area (Å²) in [6.07, 6.45) is 0.646. The molecular weight excluding hydrogens is 405 g/mol. The van der Waals surface area contributed by atoms with Crippen molar-refractivity contribution in [3.8, 4) is 5.75 Å². The third-order valence-corrected chi connectivity index (χ3v) is 4.91. The van der Waals surface area contributed by atoms with Gasteiger partial charge in [-0.15, -0.1) is 0 Å². The first kappa shape index (κ1) is 22.8. The largest absolute Gasteiger partial charge is 0.478 e. The van der Waals surface area contributed by atoms with E-state index in [-0.39, 0.29) is 28.9 Å². The molecule has 2 aromatic rings. The van der Waals surface area contributed by atoms with Crippen molar-refractivity contribution in [1.29, 1.82) is 0 Å². The Balaban J connectivity index is 1.98. The van der Waals surface area contributed by atoms with E-state index >= 15 is 0 Å². The van der Waals surface area contributed by atoms with E-state index < -0.39 is 17.1 Å². The van der Waals surface area contributed by atoms with Crippen molar-refractivity contribution in [2.45, 2.75) is 49.6 Å². The zero-order valence-corrected chi connectivity index (χ0v) is 17.0. The lowest BCUT2D eigenvalue weighted by Gasteiger charge is -2.23. The maximum atomic E-state index is 12.4. The number of Topliss-reactive ketones (excluding diaryl/α,β-unsaturated/α-hetero) is 1. The van der Waals surface area contributed by atoms with Crippen molar-refractivity contribution in [3.63, 3.8) is 0 Å². The first-order chi connectivity index (χ1) is 13.4. The zero-order valence-electron chi connectivity index (χ0n) is 16.2. The summed E-state index contributed by atoms with van der Waals surface area (Å²) in [5.74, 6) is -0.796. The van der Waals surface area contributed by atoms with Gasteiger partial charge in [0, 0.05) is 16.9 Å². The van der Waals surface area contributed by atoms with Crippen LogP contribution in [-0.2, 0) is 11.2 Å². The van der Waals surface area contributed by atoms with Crippen molar-refractivity contribution in [3.05, 3.63) is 59.2 Å². The van der Waals surface area contributed by atoms with Gasteiger partial charge in [-0.1, -0.05) is 24.3 Å². The summed E-state index contributed by atoms with van der Waals surface area (Å²) in [5, 5.41) is 9.15. The fraction of sp³-hybridized carbons (Fsp3) is 0.333. The minimum absolute atomic E-state index is 0.0320. The molecule has 29 heavy (non-hydrogen) atoms. The van der Waals surface area contributed by atoms with Gasteiger partial charge in [-0.3, -0.25) is 4.79 Å². The molecule has 0 fully saturated rings. The zero-order chi connectivity index (χ0) is 21.8. The number of carbonyl (C=O) groups excluding carboxylic acids is 1. The van der Waals surface area contributed by atoms with Crippen LogP contribution in [0.2, 0.25) is 0 Å². The highest BCUT2D eigenvalue weighted by Crippen LogP contribution is 2.36. The summed E-state index contributed by atoms with van der Waals surface area (Å²) in [4.78, 5) is 23.5. The maximum absolute atomic E-state index is 12.4. The Kier molecular flexibility index (Phi) is 7.00. The van der Waals surface area contributed by atoms with Gasteiger partial charge in [-0.05, 0) is 68.3 Å². The number of hydrogen-bond donors (Lipinski definition) is 1. The lowest BCUT2D eigenvalue weighted by Crippen LogP contribution is -2.38. The van der Waals surface area contributed by atoms with E-state index in [0.29, 0.717) is 17.7 Å². The molecule has 0 bridgehead atoms. The number of thioether (sulfide) groups is 1. The second kappa shape index (κ2) is 8.90. The number of aliphatic carboxylic acids is 1. The van der Waals surface area contributed by atoms with Crippen LogP contribution in [0.25, 0.3) is 0 Å². The number of rotatable bonds is 8. The van der Waals surface area contributed by atoms with Crippen LogP contribution in [0.15, 0.2) is 47.4 Å². The molecule has 2 aromatic carbocycles. The van der Waals surface area contributed by atoms with Gasteiger partial charge in [0.15, 0.2) is 11.4 Å². The highest BCUT2D eigenvalue weighted by molar-refractivity contribution is 8.00. The van der Waals surface area contributed by atoms with Gasteiger partial charge in [-0.25, -0.2) is 4.79 Å². The van der Waals surface area contributed by atoms with Crippen molar-refractivity contribution in [2.24, 2.45) is 0 Å². The van der Waals surface area contributed by atoms with Crippen LogP contribution in [0.5, 0.6) is 5.75 Å². The van der Waals surface area contributed by atoms with E-state index in [1.165, 1.54) is 38.1 Å². The van der Waals surface area contributed by atoms with Crippen LogP contribution in [-0.4, -0.2) is 28.0 Å². The summed E-state index contributed by atoms with van der Waals surface area (Å²) in [7, 11) is 0. The van der Waals surface area contributed by atoms with E-state index in [1.807, 2.05) is 6.07 Å². The molecule has 2 rings (SSSR count). The molecular formula is C21H21F3O4S. The van der Waals surface area contributed by atoms with Gasteiger partial charge in [0.1, 0.15) is 5.75 Å². The number of carboxylic acid groups (broad SMARTS) is 1. The van der Waals surface area contributed by atoms with E-state index in [4.69, 9.17) is 9.84 Å². The maximum Gasteiger partial charge on any atom is 0.446 e. The minimum Gasteiger partial charge on any atom is -0.478 e. The SMILES string of the molecule is Cc1cc(CCC(=O)c2ccc(SC(F)(F)F)cc2)ccc1OC(C)(C)C(=O)O. The summed E-state index contributed by atoms with van der Waals surface area (Å²) < 4.78 is 42.6. The number of ether oxygens (including phenoxy) is 1. The third-order valence-electron chi connectivity index (χ3n) is 4.17. The second-order valence-corrected chi connectivity index (χ2v) is 8.15. The van der Waals surface area contributed by atoms with Crippen molar-refractivity contribution >= 4 is 23.5 Å². The van der Waals surface area contributed by atoms with Gasteiger partial charge in [0.05, 0.1) is 0 Å². The highest BCUT2D eigenvalue weighted by atomic mass is 32.2. The van der Waals surface area contributed by atoms with E-state index in [9.17, 15) is 22.8 Å². The predicted molar refractivity (Wildman–Crippen MR) is 105 cm³/mol. The molecule has 1 N–H and O–H groups in total. The summed E-state index contributed by atoms with van der Waals surface area (Å²) in [6.45, 7) is 4.70. The first-order valence-corrected chi connectivity index (χ1v) is 9.60. The fourth-order valence-electron chi connectivity index (χ4n) is 2.54. The normalized spacial score (nSPS) is 11.9. The molecule has 0 radical (unpaired) electrons. The number of carboxylic acids is 1. The molecule has 0 amide bonds. The first-order valence-electron chi connectivity index (χ1n) is 8.78. The van der Waals surface area contributed by atoms with E-state index in [1.54, 1.807) is 19.1 Å². The van der Waals surface area contributed by atoms with Crippen LogP contribution >= 0.6 is 11.8 Å². The van der Waals surface area contributed by atoms with Crippen molar-refractivity contribution in [1.82, 2.24) is 0 Å². The molecule has 0 atom stereocenters. The fourth-order valence-corrected chi connectivity index (χ4v) is 3.08. The number of benzene rings is 2. The van der Waals surface area contributed by atoms with Gasteiger partial charge >= 0.3 is 11.5 Å². The monoisotopic (exact) mass is 426 g/mol. The number of hydrogen-bond acceptors (Lipinski definition) is 4. The third kappa shape index (κ3) is 6.81. The van der Waals surface area contributed by atoms with Crippen LogP contribution in [0, 0.1) is 6.92 Å². The van der Waals surface area contributed by atoms with Gasteiger partial charge in [-0.2, -0.15) is 13.2 Å². The summed E-state index contributed by atoms with van der Waals surface area (Å²) >= 11 is -0.220. The molecule has 0 saturated heterocycles. The molecule has 0 heterocycles. The highest BCUT2D eigenvalue weighted by Gasteiger charge is 2.30. The van der Waals surface area contributed by atoms with Gasteiger partial charge in [0.2, 0.25) is 0 Å². The van der Waals surface area contributed by atoms with Crippen LogP contribution in [0.1, 0.15) is 41.8 Å². The summed E-state index contributed by atoms with van der Waals surface area (Å²) in [5.41, 5.74) is -3.74. The Labute approximate surface area is 171 Å². The topological polar surface area (TPSA) is 63.6 Å². The average molecular weight is 426 g/mol. The smallest absolute Gasteiger partial charge is 0.446 e. The summed E-state index contributed by atoms with van der Waals surface area (Å²) in [6, 6.07) is 10.6. The molecule has 156 valence electrons. The Morgan fingerprint density at radius 3 is 2.21 bits per heavy atom. The number of alkyl halides is 3. The quantitative estimate of drug-likeness (QED) is 0.436. The molecule has 0 aliphatic heterocycles. The molecule has 0 aliphatic rings.